The summed E-state index contributed by atoms with van der Waals surface area (Å²) in [5.74, 6) is -2.43. The van der Waals surface area contributed by atoms with Crippen molar-refractivity contribution in [3.8, 4) is 0 Å². The Bertz CT molecular complexity index is 1470. The van der Waals surface area contributed by atoms with E-state index in [9.17, 15) is 49.1 Å². The average molecular weight is 622 g/mol. The molecule has 0 atom stereocenters. The Kier molecular flexibility index (Phi) is 8.70. The van der Waals surface area contributed by atoms with Gasteiger partial charge < -0.3 is 15.5 Å². The van der Waals surface area contributed by atoms with Crippen LogP contribution in [0.2, 0.25) is 0 Å². The van der Waals surface area contributed by atoms with E-state index in [1.807, 2.05) is 37.3 Å². The first kappa shape index (κ1) is 31.7. The number of hydrogen-bond donors (Lipinski definition) is 2. The van der Waals surface area contributed by atoms with Gasteiger partial charge in [-0.05, 0) is 68.5 Å². The molecule has 2 aromatic carbocycles. The number of amides is 2. The fraction of sp³-hybridized carbons (Fsp3) is 0.370. The highest BCUT2D eigenvalue weighted by atomic mass is 19.4. The maximum atomic E-state index is 13.3. The van der Waals surface area contributed by atoms with Crippen LogP contribution in [0.1, 0.15) is 42.4 Å². The summed E-state index contributed by atoms with van der Waals surface area (Å²) in [7, 11) is 0. The van der Waals surface area contributed by atoms with Gasteiger partial charge in [-0.2, -0.15) is 39.5 Å². The second kappa shape index (κ2) is 11.8. The zero-order valence-corrected chi connectivity index (χ0v) is 22.1. The number of hydroxylamine groups is 1. The number of carbonyl (C=O) groups is 2. The minimum atomic E-state index is -5.72. The number of halogens is 9. The number of carbonyl (C=O) groups excluding carboxylic acids is 2. The maximum absolute atomic E-state index is 13.3. The quantitative estimate of drug-likeness (QED) is 0.232. The van der Waals surface area contributed by atoms with Gasteiger partial charge in [0.05, 0.1) is 22.3 Å². The molecular weight excluding hydrogens is 599 g/mol. The molecular formula is C27H23F9N4O3. The van der Waals surface area contributed by atoms with Crippen molar-refractivity contribution in [3.63, 3.8) is 0 Å². The van der Waals surface area contributed by atoms with Gasteiger partial charge >= 0.3 is 30.5 Å². The Balaban J connectivity index is 1.51. The van der Waals surface area contributed by atoms with E-state index >= 15 is 0 Å². The molecule has 232 valence electrons. The minimum Gasteiger partial charge on any atom is -0.367 e. The Labute approximate surface area is 238 Å². The van der Waals surface area contributed by atoms with Crippen molar-refractivity contribution in [2.24, 2.45) is 0 Å². The standard InChI is InChI=1S/C27H23F9N4O3/c1-14-10-22(39-21-5-3-2-4-20(14)21)37-17-6-8-18(9-7-17)38-24(42)40(43-23(41)27(34,35)36)19-12-15(25(28,29)30)11-16(13-19)26(31,32)33/h2-5,10-13,17-18H,6-9H2,1H3,(H,37,39)(H,38,42). The van der Waals surface area contributed by atoms with Crippen molar-refractivity contribution >= 4 is 34.4 Å². The number of pyridine rings is 1. The highest BCUT2D eigenvalue weighted by Gasteiger charge is 2.45. The summed E-state index contributed by atoms with van der Waals surface area (Å²) >= 11 is 0. The molecule has 1 aliphatic carbocycles. The number of nitrogens with zero attached hydrogens (tertiary/aromatic N) is 2. The van der Waals surface area contributed by atoms with Crippen molar-refractivity contribution < 1.29 is 53.9 Å². The first-order valence-corrected chi connectivity index (χ1v) is 12.7. The highest BCUT2D eigenvalue weighted by Crippen LogP contribution is 2.39. The number of aryl methyl sites for hydroxylation is 1. The van der Waals surface area contributed by atoms with Gasteiger partial charge in [0.1, 0.15) is 5.82 Å². The van der Waals surface area contributed by atoms with E-state index in [-0.39, 0.29) is 37.1 Å². The third kappa shape index (κ3) is 7.78. The number of anilines is 2. The summed E-state index contributed by atoms with van der Waals surface area (Å²) in [6.45, 7) is 1.92. The smallest absolute Gasteiger partial charge is 0.367 e. The van der Waals surface area contributed by atoms with Crippen LogP contribution in [-0.4, -0.2) is 35.2 Å². The molecule has 3 aromatic rings. The predicted octanol–water partition coefficient (Wildman–Crippen LogP) is 7.54. The first-order valence-electron chi connectivity index (χ1n) is 12.7. The van der Waals surface area contributed by atoms with E-state index in [4.69, 9.17) is 0 Å². The van der Waals surface area contributed by atoms with E-state index in [2.05, 4.69) is 20.5 Å². The SMILES string of the molecule is Cc1cc(NC2CCC(NC(=O)N(OC(=O)C(F)(F)F)c3cc(C(F)(F)F)cc(C(F)(F)F)c3)CC2)nc2ccccc12. The van der Waals surface area contributed by atoms with Crippen molar-refractivity contribution in [2.75, 3.05) is 10.4 Å². The minimum absolute atomic E-state index is 0.0299. The molecule has 0 aliphatic heterocycles. The molecule has 0 unspecified atom stereocenters. The van der Waals surface area contributed by atoms with Crippen LogP contribution in [0.25, 0.3) is 10.9 Å². The van der Waals surface area contributed by atoms with E-state index in [0.717, 1.165) is 16.5 Å². The van der Waals surface area contributed by atoms with E-state index in [1.165, 1.54) is 0 Å². The van der Waals surface area contributed by atoms with Crippen LogP contribution in [-0.2, 0) is 22.0 Å². The van der Waals surface area contributed by atoms with Gasteiger partial charge in [0.2, 0.25) is 0 Å². The normalized spacial score (nSPS) is 17.8. The molecule has 0 saturated heterocycles. The third-order valence-corrected chi connectivity index (χ3v) is 6.73. The fourth-order valence-corrected chi connectivity index (χ4v) is 4.65. The van der Waals surface area contributed by atoms with Crippen LogP contribution in [0.5, 0.6) is 0 Å². The van der Waals surface area contributed by atoms with Gasteiger partial charge in [-0.25, -0.2) is 14.6 Å². The van der Waals surface area contributed by atoms with Crippen LogP contribution in [0, 0.1) is 6.92 Å². The summed E-state index contributed by atoms with van der Waals surface area (Å²) in [4.78, 5) is 33.0. The zero-order chi connectivity index (χ0) is 31.7. The van der Waals surface area contributed by atoms with E-state index < -0.39 is 58.4 Å². The van der Waals surface area contributed by atoms with Gasteiger partial charge in [0.25, 0.3) is 0 Å². The summed E-state index contributed by atoms with van der Waals surface area (Å²) < 4.78 is 119. The number of aromatic nitrogens is 1. The van der Waals surface area contributed by atoms with E-state index in [0.29, 0.717) is 18.7 Å². The van der Waals surface area contributed by atoms with Crippen molar-refractivity contribution in [3.05, 3.63) is 65.2 Å². The lowest BCUT2D eigenvalue weighted by atomic mass is 9.91. The van der Waals surface area contributed by atoms with Crippen LogP contribution in [0.15, 0.2) is 48.5 Å². The number of hydrogen-bond acceptors (Lipinski definition) is 5. The van der Waals surface area contributed by atoms with Gasteiger partial charge in [0.15, 0.2) is 0 Å². The summed E-state index contributed by atoms with van der Waals surface area (Å²) in [5, 5.41) is 5.94. The molecule has 1 aliphatic rings. The first-order chi connectivity index (χ1) is 19.9. The van der Waals surface area contributed by atoms with Gasteiger partial charge in [-0.1, -0.05) is 18.2 Å². The predicted molar refractivity (Wildman–Crippen MR) is 136 cm³/mol. The van der Waals surface area contributed by atoms with Gasteiger partial charge in [-0.3, -0.25) is 0 Å². The number of nitrogens with one attached hydrogen (secondary N) is 2. The molecule has 1 fully saturated rings. The second-order valence-electron chi connectivity index (χ2n) is 9.92. The molecule has 4 rings (SSSR count). The second-order valence-corrected chi connectivity index (χ2v) is 9.92. The lowest BCUT2D eigenvalue weighted by molar-refractivity contribution is -0.199. The molecule has 0 spiro atoms. The molecule has 43 heavy (non-hydrogen) atoms. The Morgan fingerprint density at radius 2 is 1.40 bits per heavy atom. The maximum Gasteiger partial charge on any atom is 0.493 e. The molecule has 0 bridgehead atoms. The van der Waals surface area contributed by atoms with Crippen LogP contribution >= 0.6 is 0 Å². The molecule has 7 nitrogen and oxygen atoms in total. The molecule has 0 radical (unpaired) electrons. The van der Waals surface area contributed by atoms with Gasteiger partial charge in [-0.15, -0.1) is 5.06 Å². The summed E-state index contributed by atoms with van der Waals surface area (Å²) in [6.07, 6.45) is -15.2. The van der Waals surface area contributed by atoms with Crippen molar-refractivity contribution in [2.45, 2.75) is 63.2 Å². The monoisotopic (exact) mass is 622 g/mol. The van der Waals surface area contributed by atoms with Gasteiger partial charge in [0, 0.05) is 17.5 Å². The van der Waals surface area contributed by atoms with E-state index in [1.54, 1.807) is 0 Å². The molecule has 16 heteroatoms. The number of rotatable bonds is 4. The summed E-state index contributed by atoms with van der Waals surface area (Å²) in [5.41, 5.74) is -3.50. The molecule has 1 aromatic heterocycles. The summed E-state index contributed by atoms with van der Waals surface area (Å²) in [6, 6.07) is 6.46. The molecule has 1 heterocycles. The molecule has 2 amide bonds. The molecule has 2 N–H and O–H groups in total. The lowest BCUT2D eigenvalue weighted by Gasteiger charge is -2.31. The molecule has 1 saturated carbocycles. The number of urea groups is 1. The number of alkyl halides is 9. The van der Waals surface area contributed by atoms with Crippen molar-refractivity contribution in [1.29, 1.82) is 0 Å². The Morgan fingerprint density at radius 1 is 0.837 bits per heavy atom. The fourth-order valence-electron chi connectivity index (χ4n) is 4.65. The van der Waals surface area contributed by atoms with Crippen LogP contribution in [0.4, 0.5) is 55.8 Å². The number of para-hydroxylation sites is 1. The van der Waals surface area contributed by atoms with Crippen LogP contribution in [0.3, 0.4) is 0 Å². The van der Waals surface area contributed by atoms with Crippen molar-refractivity contribution in [1.82, 2.24) is 10.3 Å². The Morgan fingerprint density at radius 3 is 1.95 bits per heavy atom. The highest BCUT2D eigenvalue weighted by molar-refractivity contribution is 5.93. The topological polar surface area (TPSA) is 83.6 Å². The third-order valence-electron chi connectivity index (χ3n) is 6.73. The Hall–Kier alpha value is -4.24. The van der Waals surface area contributed by atoms with Crippen LogP contribution < -0.4 is 15.7 Å². The largest absolute Gasteiger partial charge is 0.493 e. The zero-order valence-electron chi connectivity index (χ0n) is 22.1. The lowest BCUT2D eigenvalue weighted by Crippen LogP contribution is -2.49. The number of fused-ring (bicyclic) bond motifs is 1. The average Bonchev–Trinajstić information content (AvgIpc) is 2.91. The number of benzene rings is 2.